The summed E-state index contributed by atoms with van der Waals surface area (Å²) < 4.78 is 1.86. The van der Waals surface area contributed by atoms with Crippen LogP contribution in [0.5, 0.6) is 0 Å². The van der Waals surface area contributed by atoms with Crippen LogP contribution in [0.4, 0.5) is 5.82 Å². The van der Waals surface area contributed by atoms with Crippen molar-refractivity contribution in [3.8, 4) is 11.5 Å². The van der Waals surface area contributed by atoms with Crippen LogP contribution < -0.4 is 5.32 Å². The first-order valence-electron chi connectivity index (χ1n) is 5.74. The summed E-state index contributed by atoms with van der Waals surface area (Å²) in [5, 5.41) is 3.29. The zero-order valence-corrected chi connectivity index (χ0v) is 10.0. The summed E-state index contributed by atoms with van der Waals surface area (Å²) in [6.45, 7) is 0.726. The molecule has 0 spiro atoms. The number of aromatic nitrogens is 4. The van der Waals surface area contributed by atoms with Gasteiger partial charge in [-0.2, -0.15) is 0 Å². The van der Waals surface area contributed by atoms with Crippen LogP contribution in [-0.2, 0) is 13.6 Å². The zero-order chi connectivity index (χ0) is 12.4. The number of nitrogens with one attached hydrogen (secondary N) is 1. The number of anilines is 1. The van der Waals surface area contributed by atoms with Crippen LogP contribution >= 0.6 is 0 Å². The molecule has 0 aromatic heterocycles. The van der Waals surface area contributed by atoms with Crippen LogP contribution in [0.1, 0.15) is 5.56 Å². The third-order valence-electron chi connectivity index (χ3n) is 2.80. The summed E-state index contributed by atoms with van der Waals surface area (Å²) in [6.07, 6.45) is 3.30. The van der Waals surface area contributed by atoms with Gasteiger partial charge in [-0.15, -0.1) is 0 Å². The Morgan fingerprint density at radius 2 is 1.94 bits per heavy atom. The first kappa shape index (κ1) is 10.7. The van der Waals surface area contributed by atoms with Crippen LogP contribution in [0.2, 0.25) is 0 Å². The first-order valence-corrected chi connectivity index (χ1v) is 5.74. The van der Waals surface area contributed by atoms with Crippen LogP contribution in [0.15, 0.2) is 43.0 Å². The number of hydrogen-bond donors (Lipinski definition) is 1. The second-order valence-corrected chi connectivity index (χ2v) is 4.09. The number of fused-ring (bicyclic) bond motifs is 1. The monoisotopic (exact) mass is 239 g/mol. The molecule has 2 aliphatic rings. The molecular formula is C13H13N5. The third kappa shape index (κ3) is 1.90. The summed E-state index contributed by atoms with van der Waals surface area (Å²) in [6, 6.07) is 10.2. The van der Waals surface area contributed by atoms with Gasteiger partial charge in [0.2, 0.25) is 0 Å². The van der Waals surface area contributed by atoms with Gasteiger partial charge in [-0.25, -0.2) is 15.0 Å². The number of rotatable bonds is 3. The summed E-state index contributed by atoms with van der Waals surface area (Å²) in [5.41, 5.74) is 2.01. The molecule has 0 bridgehead atoms. The van der Waals surface area contributed by atoms with Crippen molar-refractivity contribution in [1.82, 2.24) is 19.5 Å². The second-order valence-electron chi connectivity index (χ2n) is 4.09. The van der Waals surface area contributed by atoms with Crippen LogP contribution in [0.3, 0.4) is 0 Å². The topological polar surface area (TPSA) is 55.6 Å². The molecule has 0 radical (unpaired) electrons. The van der Waals surface area contributed by atoms with E-state index in [9.17, 15) is 0 Å². The van der Waals surface area contributed by atoms with Gasteiger partial charge in [-0.3, -0.25) is 0 Å². The molecule has 0 saturated heterocycles. The van der Waals surface area contributed by atoms with E-state index < -0.39 is 0 Å². The summed E-state index contributed by atoms with van der Waals surface area (Å²) >= 11 is 0. The van der Waals surface area contributed by atoms with E-state index in [0.717, 1.165) is 23.9 Å². The standard InChI is InChI=1S/C13H13N5/c1-18-9-17-12(11-13(18)16-8-15-11)14-7-10-5-3-2-4-6-10/h2-6,8-9,14H,7H2,1H3. The summed E-state index contributed by atoms with van der Waals surface area (Å²) in [5.74, 6) is 1.60. The van der Waals surface area contributed by atoms with Gasteiger partial charge >= 0.3 is 0 Å². The largest absolute Gasteiger partial charge is 0.364 e. The molecule has 0 atom stereocenters. The zero-order valence-electron chi connectivity index (χ0n) is 10.0. The Balaban J connectivity index is 1.84. The van der Waals surface area contributed by atoms with Gasteiger partial charge in [-0.05, 0) is 5.56 Å². The molecule has 2 heterocycles. The predicted molar refractivity (Wildman–Crippen MR) is 69.2 cm³/mol. The highest BCUT2D eigenvalue weighted by atomic mass is 15.2. The van der Waals surface area contributed by atoms with E-state index >= 15 is 0 Å². The van der Waals surface area contributed by atoms with E-state index in [1.165, 1.54) is 5.56 Å². The average Bonchev–Trinajstić information content (AvgIpc) is 2.90. The number of benzene rings is 1. The maximum Gasteiger partial charge on any atom is 0.165 e. The Labute approximate surface area is 105 Å². The molecule has 1 aromatic rings. The highest BCUT2D eigenvalue weighted by molar-refractivity contribution is 5.66. The molecular weight excluding hydrogens is 226 g/mol. The van der Waals surface area contributed by atoms with Gasteiger partial charge in [0.1, 0.15) is 12.0 Å². The molecule has 3 rings (SSSR count). The number of hydrogen-bond acceptors (Lipinski definition) is 4. The Morgan fingerprint density at radius 3 is 2.78 bits per heavy atom. The molecule has 0 saturated carbocycles. The van der Waals surface area contributed by atoms with Gasteiger partial charge in [0.15, 0.2) is 11.6 Å². The Kier molecular flexibility index (Phi) is 2.64. The number of nitrogens with zero attached hydrogens (tertiary/aromatic N) is 4. The van der Waals surface area contributed by atoms with Gasteiger partial charge in [0.25, 0.3) is 0 Å². The van der Waals surface area contributed by atoms with Crippen LogP contribution in [0.25, 0.3) is 11.5 Å². The minimum absolute atomic E-state index is 0.726. The lowest BCUT2D eigenvalue weighted by Gasteiger charge is -2.10. The van der Waals surface area contributed by atoms with Gasteiger partial charge < -0.3 is 9.88 Å². The molecule has 5 nitrogen and oxygen atoms in total. The Hall–Kier alpha value is -2.43. The first-order chi connectivity index (χ1) is 8.84. The molecule has 5 heteroatoms. The molecule has 18 heavy (non-hydrogen) atoms. The Morgan fingerprint density at radius 1 is 1.11 bits per heavy atom. The van der Waals surface area contributed by atoms with Crippen molar-refractivity contribution in [2.24, 2.45) is 7.05 Å². The van der Waals surface area contributed by atoms with Crippen molar-refractivity contribution < 1.29 is 0 Å². The van der Waals surface area contributed by atoms with Crippen molar-refractivity contribution >= 4 is 5.82 Å². The van der Waals surface area contributed by atoms with E-state index in [0.29, 0.717) is 0 Å². The van der Waals surface area contributed by atoms with Crippen molar-refractivity contribution in [3.63, 3.8) is 0 Å². The van der Waals surface area contributed by atoms with Crippen LogP contribution in [0, 0.1) is 0 Å². The minimum Gasteiger partial charge on any atom is -0.364 e. The molecule has 0 amide bonds. The van der Waals surface area contributed by atoms with Crippen molar-refractivity contribution in [2.75, 3.05) is 5.32 Å². The summed E-state index contributed by atoms with van der Waals surface area (Å²) in [7, 11) is 1.91. The fraction of sp³-hybridized carbons (Fsp3) is 0.154. The third-order valence-corrected chi connectivity index (χ3v) is 2.80. The highest BCUT2D eigenvalue weighted by Gasteiger charge is 2.14. The molecule has 1 aromatic carbocycles. The van der Waals surface area contributed by atoms with E-state index in [1.807, 2.05) is 29.8 Å². The SMILES string of the molecule is Cn1cnc(NCc2ccccc2)c2ncnc1-2. The number of imidazole rings is 1. The van der Waals surface area contributed by atoms with Crippen molar-refractivity contribution in [2.45, 2.75) is 6.54 Å². The minimum atomic E-state index is 0.726. The molecule has 0 fully saturated rings. The number of aryl methyl sites for hydroxylation is 1. The van der Waals surface area contributed by atoms with Crippen molar-refractivity contribution in [3.05, 3.63) is 48.5 Å². The van der Waals surface area contributed by atoms with Gasteiger partial charge in [0, 0.05) is 13.6 Å². The molecule has 0 unspecified atom stereocenters. The fourth-order valence-electron chi connectivity index (χ4n) is 1.86. The predicted octanol–water partition coefficient (Wildman–Crippen LogP) is 1.93. The molecule has 90 valence electrons. The smallest absolute Gasteiger partial charge is 0.165 e. The van der Waals surface area contributed by atoms with E-state index in [2.05, 4.69) is 32.4 Å². The summed E-state index contributed by atoms with van der Waals surface area (Å²) in [4.78, 5) is 12.8. The lowest BCUT2D eigenvalue weighted by Crippen LogP contribution is -2.07. The van der Waals surface area contributed by atoms with E-state index in [1.54, 1.807) is 12.7 Å². The quantitative estimate of drug-likeness (QED) is 0.758. The second kappa shape index (κ2) is 4.44. The average molecular weight is 239 g/mol. The molecule has 2 aliphatic heterocycles. The van der Waals surface area contributed by atoms with E-state index in [-0.39, 0.29) is 0 Å². The van der Waals surface area contributed by atoms with E-state index in [4.69, 9.17) is 0 Å². The fourth-order valence-corrected chi connectivity index (χ4v) is 1.86. The van der Waals surface area contributed by atoms with Gasteiger partial charge in [-0.1, -0.05) is 30.3 Å². The van der Waals surface area contributed by atoms with Gasteiger partial charge in [0.05, 0.1) is 6.33 Å². The maximum absolute atomic E-state index is 4.34. The maximum atomic E-state index is 4.34. The lowest BCUT2D eigenvalue weighted by molar-refractivity contribution is 0.850. The normalized spacial score (nSPS) is 10.7. The highest BCUT2D eigenvalue weighted by Crippen LogP contribution is 2.23. The lowest BCUT2D eigenvalue weighted by atomic mass is 10.2. The molecule has 1 N–H and O–H groups in total. The Bertz CT molecular complexity index is 617. The van der Waals surface area contributed by atoms with Crippen LogP contribution in [-0.4, -0.2) is 19.5 Å². The molecule has 0 aliphatic carbocycles. The van der Waals surface area contributed by atoms with Crippen molar-refractivity contribution in [1.29, 1.82) is 0 Å².